The maximum atomic E-state index is 2.69. The van der Waals surface area contributed by atoms with E-state index in [0.29, 0.717) is 10.8 Å². The largest absolute Gasteiger partial charge is 0.0845 e. The van der Waals surface area contributed by atoms with Crippen molar-refractivity contribution in [2.45, 2.75) is 86.0 Å². The lowest BCUT2D eigenvalue weighted by Crippen LogP contribution is -2.51. The number of fused-ring (bicyclic) bond motifs is 5. The van der Waals surface area contributed by atoms with Crippen molar-refractivity contribution in [3.05, 3.63) is 11.6 Å². The maximum Gasteiger partial charge on any atom is -0.00826 e. The lowest BCUT2D eigenvalue weighted by atomic mass is 9.45. The molecule has 4 aliphatic carbocycles. The summed E-state index contributed by atoms with van der Waals surface area (Å²) in [6.45, 7) is 12.9. The fourth-order valence-corrected chi connectivity index (χ4v) is 8.55. The van der Waals surface area contributed by atoms with Crippen LogP contribution >= 0.6 is 0 Å². The molecule has 0 amide bonds. The summed E-state index contributed by atoms with van der Waals surface area (Å²) in [6.07, 6.45) is 14.4. The van der Waals surface area contributed by atoms with Gasteiger partial charge in [0, 0.05) is 0 Å². The molecular formula is C23H38. The van der Waals surface area contributed by atoms with Gasteiger partial charge in [0.15, 0.2) is 0 Å². The summed E-state index contributed by atoms with van der Waals surface area (Å²) in [6, 6.07) is 0. The Hall–Kier alpha value is -0.260. The smallest absolute Gasteiger partial charge is 0.00826 e. The quantitative estimate of drug-likeness (QED) is 0.464. The van der Waals surface area contributed by atoms with E-state index in [2.05, 4.69) is 40.7 Å². The third kappa shape index (κ3) is 2.09. The van der Waals surface area contributed by atoms with Crippen molar-refractivity contribution in [1.82, 2.24) is 0 Å². The zero-order valence-electron chi connectivity index (χ0n) is 16.2. The molecule has 0 bridgehead atoms. The molecule has 0 heteroatoms. The first-order valence-electron chi connectivity index (χ1n) is 10.6. The summed E-state index contributed by atoms with van der Waals surface area (Å²) >= 11 is 0. The van der Waals surface area contributed by atoms with Crippen molar-refractivity contribution < 1.29 is 0 Å². The second kappa shape index (κ2) is 5.37. The van der Waals surface area contributed by atoms with Gasteiger partial charge < -0.3 is 0 Å². The second-order valence-electron chi connectivity index (χ2n) is 10.3. The van der Waals surface area contributed by atoms with Gasteiger partial charge in [-0.25, -0.2) is 0 Å². The molecule has 0 saturated heterocycles. The second-order valence-corrected chi connectivity index (χ2v) is 10.3. The van der Waals surface area contributed by atoms with Gasteiger partial charge in [0.05, 0.1) is 0 Å². The molecule has 0 aromatic carbocycles. The van der Waals surface area contributed by atoms with E-state index in [0.717, 1.165) is 35.5 Å². The molecule has 8 atom stereocenters. The molecule has 0 N–H and O–H groups in total. The van der Waals surface area contributed by atoms with Crippen molar-refractivity contribution in [2.24, 2.45) is 46.3 Å². The fourth-order valence-electron chi connectivity index (χ4n) is 8.55. The lowest BCUT2D eigenvalue weighted by Gasteiger charge is -2.60. The van der Waals surface area contributed by atoms with Crippen LogP contribution in [0.25, 0.3) is 0 Å². The van der Waals surface area contributed by atoms with Gasteiger partial charge in [-0.15, -0.1) is 0 Å². The molecule has 0 aliphatic heterocycles. The van der Waals surface area contributed by atoms with Crippen LogP contribution in [0.3, 0.4) is 0 Å². The van der Waals surface area contributed by atoms with Crippen molar-refractivity contribution in [1.29, 1.82) is 0 Å². The zero-order chi connectivity index (χ0) is 16.4. The monoisotopic (exact) mass is 314 g/mol. The molecule has 0 radical (unpaired) electrons. The van der Waals surface area contributed by atoms with Gasteiger partial charge in [-0.3, -0.25) is 0 Å². The van der Waals surface area contributed by atoms with Crippen molar-refractivity contribution in [3.63, 3.8) is 0 Å². The molecular weight excluding hydrogens is 276 g/mol. The Balaban J connectivity index is 1.71. The van der Waals surface area contributed by atoms with Gasteiger partial charge in [0.25, 0.3) is 0 Å². The summed E-state index contributed by atoms with van der Waals surface area (Å²) in [5.41, 5.74) is 3.07. The van der Waals surface area contributed by atoms with E-state index in [1.54, 1.807) is 0 Å². The molecule has 0 aromatic rings. The highest BCUT2D eigenvalue weighted by molar-refractivity contribution is 5.26. The summed E-state index contributed by atoms with van der Waals surface area (Å²) < 4.78 is 0. The van der Waals surface area contributed by atoms with Crippen LogP contribution in [0.1, 0.15) is 86.0 Å². The summed E-state index contributed by atoms with van der Waals surface area (Å²) in [7, 11) is 0. The predicted octanol–water partition coefficient (Wildman–Crippen LogP) is 6.86. The van der Waals surface area contributed by atoms with Gasteiger partial charge >= 0.3 is 0 Å². The Morgan fingerprint density at radius 2 is 1.87 bits per heavy atom. The van der Waals surface area contributed by atoms with Gasteiger partial charge in [-0.2, -0.15) is 0 Å². The highest BCUT2D eigenvalue weighted by atomic mass is 14.6. The normalized spacial score (nSPS) is 55.6. The van der Waals surface area contributed by atoms with E-state index in [9.17, 15) is 0 Å². The SMILES string of the molecule is CC[C@H]1[C@H](C)C[C@H]2[C@@H]3C[C@H](C)C4=CCCC[C@]4(C)[C@H]3CC[C@@]21C. The first kappa shape index (κ1) is 16.2. The molecule has 3 fully saturated rings. The Labute approximate surface area is 144 Å². The molecule has 23 heavy (non-hydrogen) atoms. The van der Waals surface area contributed by atoms with Crippen molar-refractivity contribution >= 4 is 0 Å². The zero-order valence-corrected chi connectivity index (χ0v) is 16.2. The van der Waals surface area contributed by atoms with E-state index in [4.69, 9.17) is 0 Å². The van der Waals surface area contributed by atoms with Gasteiger partial charge in [-0.05, 0) is 91.3 Å². The van der Waals surface area contributed by atoms with E-state index in [1.807, 2.05) is 5.57 Å². The number of rotatable bonds is 1. The molecule has 4 rings (SSSR count). The lowest BCUT2D eigenvalue weighted by molar-refractivity contribution is -0.0621. The van der Waals surface area contributed by atoms with Gasteiger partial charge in [0.2, 0.25) is 0 Å². The molecule has 0 heterocycles. The Morgan fingerprint density at radius 3 is 2.61 bits per heavy atom. The Bertz CT molecular complexity index is 502. The minimum Gasteiger partial charge on any atom is -0.0845 e. The van der Waals surface area contributed by atoms with E-state index in [1.165, 1.54) is 51.4 Å². The molecule has 0 nitrogen and oxygen atoms in total. The fraction of sp³-hybridized carbons (Fsp3) is 0.913. The first-order chi connectivity index (χ1) is 10.9. The van der Waals surface area contributed by atoms with Gasteiger partial charge in [0.1, 0.15) is 0 Å². The van der Waals surface area contributed by atoms with E-state index >= 15 is 0 Å². The third-order valence-electron chi connectivity index (χ3n) is 9.37. The molecule has 0 spiro atoms. The molecule has 3 saturated carbocycles. The van der Waals surface area contributed by atoms with Crippen LogP contribution in [0, 0.1) is 46.3 Å². The maximum absolute atomic E-state index is 2.69. The van der Waals surface area contributed by atoms with Crippen LogP contribution < -0.4 is 0 Å². The minimum absolute atomic E-state index is 0.551. The molecule has 0 unspecified atom stereocenters. The number of hydrogen-bond acceptors (Lipinski definition) is 0. The Morgan fingerprint density at radius 1 is 1.09 bits per heavy atom. The number of allylic oxidation sites excluding steroid dienone is 2. The van der Waals surface area contributed by atoms with Crippen LogP contribution in [-0.4, -0.2) is 0 Å². The van der Waals surface area contributed by atoms with Crippen LogP contribution in [0.5, 0.6) is 0 Å². The van der Waals surface area contributed by atoms with Crippen molar-refractivity contribution in [2.75, 3.05) is 0 Å². The standard InChI is InChI=1S/C23H38/c1-6-18-16(3)14-21-17-13-15(2)19-9-7-8-11-22(19,4)20(17)10-12-23(18,21)5/h9,15-18,20-21H,6-8,10-14H2,1-5H3/t15-,16+,17+,18-,20-,21-,22-,23+/m0/s1. The van der Waals surface area contributed by atoms with E-state index in [-0.39, 0.29) is 0 Å². The van der Waals surface area contributed by atoms with E-state index < -0.39 is 0 Å². The summed E-state index contributed by atoms with van der Waals surface area (Å²) in [5, 5.41) is 0. The molecule has 4 aliphatic rings. The molecule has 0 aromatic heterocycles. The minimum atomic E-state index is 0.551. The Kier molecular flexibility index (Phi) is 3.79. The van der Waals surface area contributed by atoms with Crippen LogP contribution in [0.4, 0.5) is 0 Å². The number of hydrogen-bond donors (Lipinski definition) is 0. The van der Waals surface area contributed by atoms with Crippen molar-refractivity contribution in [3.8, 4) is 0 Å². The van der Waals surface area contributed by atoms with Crippen LogP contribution in [0.15, 0.2) is 11.6 Å². The summed E-state index contributed by atoms with van der Waals surface area (Å²) in [5.74, 6) is 5.82. The first-order valence-corrected chi connectivity index (χ1v) is 10.6. The highest BCUT2D eigenvalue weighted by Gasteiger charge is 2.60. The predicted molar refractivity (Wildman–Crippen MR) is 99.2 cm³/mol. The summed E-state index contributed by atoms with van der Waals surface area (Å²) in [4.78, 5) is 0. The average Bonchev–Trinajstić information content (AvgIpc) is 2.77. The van der Waals surface area contributed by atoms with Gasteiger partial charge in [-0.1, -0.05) is 52.7 Å². The third-order valence-corrected chi connectivity index (χ3v) is 9.37. The topological polar surface area (TPSA) is 0 Å². The van der Waals surface area contributed by atoms with Crippen LogP contribution in [0.2, 0.25) is 0 Å². The highest BCUT2D eigenvalue weighted by Crippen LogP contribution is 2.68. The van der Waals surface area contributed by atoms with Crippen LogP contribution in [-0.2, 0) is 0 Å². The molecule has 130 valence electrons. The average molecular weight is 315 g/mol.